The van der Waals surface area contributed by atoms with Gasteiger partial charge in [0.05, 0.1) is 0 Å². The third-order valence-electron chi connectivity index (χ3n) is 4.15. The Morgan fingerprint density at radius 2 is 1.81 bits per heavy atom. The summed E-state index contributed by atoms with van der Waals surface area (Å²) < 4.78 is 25.0. The van der Waals surface area contributed by atoms with E-state index in [2.05, 4.69) is 29.6 Å². The van der Waals surface area contributed by atoms with Crippen LogP contribution in [-0.4, -0.2) is 6.04 Å². The van der Waals surface area contributed by atoms with E-state index < -0.39 is 6.43 Å². The van der Waals surface area contributed by atoms with Crippen molar-refractivity contribution >= 4 is 5.69 Å². The lowest BCUT2D eigenvalue weighted by atomic mass is 9.94. The second-order valence-corrected chi connectivity index (χ2v) is 5.62. The maximum absolute atomic E-state index is 12.5. The van der Waals surface area contributed by atoms with E-state index in [9.17, 15) is 8.78 Å². The van der Waals surface area contributed by atoms with E-state index in [1.165, 1.54) is 23.4 Å². The van der Waals surface area contributed by atoms with Crippen molar-refractivity contribution in [1.29, 1.82) is 0 Å². The van der Waals surface area contributed by atoms with E-state index in [0.29, 0.717) is 6.04 Å². The molecule has 1 atom stereocenters. The summed E-state index contributed by atoms with van der Waals surface area (Å²) in [6, 6.07) is 15.6. The van der Waals surface area contributed by atoms with Crippen molar-refractivity contribution in [2.45, 2.75) is 38.2 Å². The number of alkyl halides is 2. The third-order valence-corrected chi connectivity index (χ3v) is 4.15. The van der Waals surface area contributed by atoms with Gasteiger partial charge in [0.25, 0.3) is 6.43 Å². The van der Waals surface area contributed by atoms with Gasteiger partial charge in [0.1, 0.15) is 0 Å². The first kappa shape index (κ1) is 14.1. The minimum absolute atomic E-state index is 0.100. The van der Waals surface area contributed by atoms with Gasteiger partial charge in [0.2, 0.25) is 0 Å². The first-order valence-corrected chi connectivity index (χ1v) is 7.44. The molecule has 3 rings (SSSR count). The molecule has 0 fully saturated rings. The monoisotopic (exact) mass is 287 g/mol. The van der Waals surface area contributed by atoms with Gasteiger partial charge in [-0.1, -0.05) is 42.5 Å². The molecule has 1 N–H and O–H groups in total. The fourth-order valence-corrected chi connectivity index (χ4v) is 2.89. The van der Waals surface area contributed by atoms with Gasteiger partial charge < -0.3 is 5.32 Å². The summed E-state index contributed by atoms with van der Waals surface area (Å²) in [7, 11) is 0. The van der Waals surface area contributed by atoms with Crippen LogP contribution in [0.2, 0.25) is 0 Å². The third kappa shape index (κ3) is 3.41. The van der Waals surface area contributed by atoms with Crippen molar-refractivity contribution in [3.8, 4) is 0 Å². The average molecular weight is 287 g/mol. The van der Waals surface area contributed by atoms with Crippen LogP contribution >= 0.6 is 0 Å². The molecular formula is C18H19F2N. The van der Waals surface area contributed by atoms with Crippen LogP contribution in [-0.2, 0) is 12.8 Å². The van der Waals surface area contributed by atoms with Crippen molar-refractivity contribution < 1.29 is 8.78 Å². The summed E-state index contributed by atoms with van der Waals surface area (Å²) >= 11 is 0. The Morgan fingerprint density at radius 1 is 1.05 bits per heavy atom. The summed E-state index contributed by atoms with van der Waals surface area (Å²) in [6.07, 6.45) is 1.81. The molecule has 21 heavy (non-hydrogen) atoms. The number of hydrogen-bond donors (Lipinski definition) is 1. The van der Waals surface area contributed by atoms with Gasteiger partial charge >= 0.3 is 0 Å². The van der Waals surface area contributed by atoms with E-state index in [0.717, 1.165) is 31.2 Å². The van der Waals surface area contributed by atoms with Crippen LogP contribution in [0.4, 0.5) is 14.5 Å². The molecule has 0 radical (unpaired) electrons. The van der Waals surface area contributed by atoms with Crippen molar-refractivity contribution in [1.82, 2.24) is 0 Å². The molecule has 0 aliphatic carbocycles. The highest BCUT2D eigenvalue weighted by atomic mass is 19.3. The predicted octanol–water partition coefficient (Wildman–Crippen LogP) is 4.98. The van der Waals surface area contributed by atoms with Crippen LogP contribution in [0, 0.1) is 0 Å². The van der Waals surface area contributed by atoms with E-state index >= 15 is 0 Å². The molecule has 2 aromatic carbocycles. The number of hydrogen-bond acceptors (Lipinski definition) is 1. The highest BCUT2D eigenvalue weighted by Crippen LogP contribution is 2.26. The molecular weight excluding hydrogens is 268 g/mol. The maximum atomic E-state index is 12.5. The van der Waals surface area contributed by atoms with Gasteiger partial charge in [-0.2, -0.15) is 0 Å². The molecule has 2 aromatic rings. The first-order chi connectivity index (χ1) is 10.2. The predicted molar refractivity (Wildman–Crippen MR) is 81.9 cm³/mol. The molecule has 1 heterocycles. The van der Waals surface area contributed by atoms with Crippen molar-refractivity contribution in [3.63, 3.8) is 0 Å². The largest absolute Gasteiger partial charge is 0.382 e. The maximum Gasteiger partial charge on any atom is 0.263 e. The van der Waals surface area contributed by atoms with Gasteiger partial charge in [0.15, 0.2) is 0 Å². The molecule has 0 bridgehead atoms. The summed E-state index contributed by atoms with van der Waals surface area (Å²) in [5, 5.41) is 3.58. The molecule has 1 unspecified atom stereocenters. The van der Waals surface area contributed by atoms with Crippen molar-refractivity contribution in [2.24, 2.45) is 0 Å². The van der Waals surface area contributed by atoms with Gasteiger partial charge in [-0.05, 0) is 42.9 Å². The Balaban J connectivity index is 1.56. The topological polar surface area (TPSA) is 12.0 Å². The minimum Gasteiger partial charge on any atom is -0.382 e. The van der Waals surface area contributed by atoms with Gasteiger partial charge in [-0.15, -0.1) is 0 Å². The molecule has 110 valence electrons. The number of halogens is 2. The molecule has 3 heteroatoms. The highest BCUT2D eigenvalue weighted by Gasteiger charge is 2.16. The van der Waals surface area contributed by atoms with E-state index in [-0.39, 0.29) is 5.56 Å². The molecule has 0 saturated heterocycles. The molecule has 0 saturated carbocycles. The number of nitrogens with one attached hydrogen (secondary N) is 1. The molecule has 0 spiro atoms. The van der Waals surface area contributed by atoms with Crippen LogP contribution in [0.25, 0.3) is 0 Å². The van der Waals surface area contributed by atoms with Crippen LogP contribution in [0.15, 0.2) is 48.5 Å². The van der Waals surface area contributed by atoms with E-state index in [1.807, 2.05) is 12.1 Å². The highest BCUT2D eigenvalue weighted by molar-refractivity contribution is 5.53. The van der Waals surface area contributed by atoms with Crippen LogP contribution in [0.3, 0.4) is 0 Å². The number of anilines is 1. The summed E-state index contributed by atoms with van der Waals surface area (Å²) in [4.78, 5) is 0. The number of para-hydroxylation sites is 1. The van der Waals surface area contributed by atoms with Crippen LogP contribution < -0.4 is 5.32 Å². The van der Waals surface area contributed by atoms with Gasteiger partial charge in [0, 0.05) is 17.3 Å². The SMILES string of the molecule is FC(F)c1ccc(CCC2CCc3ccccc3N2)cc1. The average Bonchev–Trinajstić information content (AvgIpc) is 2.53. The van der Waals surface area contributed by atoms with Crippen molar-refractivity contribution in [2.75, 3.05) is 5.32 Å². The zero-order chi connectivity index (χ0) is 14.7. The molecule has 0 amide bonds. The Bertz CT molecular complexity index is 592. The summed E-state index contributed by atoms with van der Waals surface area (Å²) in [6.45, 7) is 0. The first-order valence-electron chi connectivity index (χ1n) is 7.44. The Kier molecular flexibility index (Phi) is 4.18. The second-order valence-electron chi connectivity index (χ2n) is 5.62. The van der Waals surface area contributed by atoms with E-state index in [1.54, 1.807) is 0 Å². The van der Waals surface area contributed by atoms with Gasteiger partial charge in [-0.3, -0.25) is 0 Å². The normalized spacial score (nSPS) is 17.4. The molecule has 0 aromatic heterocycles. The number of benzene rings is 2. The summed E-state index contributed by atoms with van der Waals surface area (Å²) in [5.74, 6) is 0. The zero-order valence-electron chi connectivity index (χ0n) is 11.9. The minimum atomic E-state index is -2.38. The summed E-state index contributed by atoms with van der Waals surface area (Å²) in [5.41, 5.74) is 3.85. The fourth-order valence-electron chi connectivity index (χ4n) is 2.89. The van der Waals surface area contributed by atoms with E-state index in [4.69, 9.17) is 0 Å². The lowest BCUT2D eigenvalue weighted by molar-refractivity contribution is 0.151. The molecule has 1 aliphatic heterocycles. The van der Waals surface area contributed by atoms with Crippen molar-refractivity contribution in [3.05, 3.63) is 65.2 Å². The standard InChI is InChI=1S/C18H19F2N/c19-18(20)15-8-5-13(6-9-15)7-11-16-12-10-14-3-1-2-4-17(14)21-16/h1-6,8-9,16,18,21H,7,10-12H2. The lowest BCUT2D eigenvalue weighted by Gasteiger charge is -2.27. The fraction of sp³-hybridized carbons (Fsp3) is 0.333. The Morgan fingerprint density at radius 3 is 2.57 bits per heavy atom. The number of rotatable bonds is 4. The van der Waals surface area contributed by atoms with Crippen LogP contribution in [0.1, 0.15) is 36.0 Å². The number of aryl methyl sites for hydroxylation is 2. The zero-order valence-corrected chi connectivity index (χ0v) is 11.9. The quantitative estimate of drug-likeness (QED) is 0.836. The lowest BCUT2D eigenvalue weighted by Crippen LogP contribution is -2.25. The second kappa shape index (κ2) is 6.25. The van der Waals surface area contributed by atoms with Crippen LogP contribution in [0.5, 0.6) is 0 Å². The van der Waals surface area contributed by atoms with Gasteiger partial charge in [-0.25, -0.2) is 8.78 Å². The Labute approximate surface area is 124 Å². The number of fused-ring (bicyclic) bond motifs is 1. The molecule has 1 nitrogen and oxygen atoms in total. The Hall–Kier alpha value is -1.90. The smallest absolute Gasteiger partial charge is 0.263 e. The molecule has 1 aliphatic rings.